The molecule has 2 amide bonds. The minimum atomic E-state index is -0.729. The SMILES string of the molecule is CC(C)OC(=O)NN(C=O)OC(C)C. The highest BCUT2D eigenvalue weighted by Gasteiger charge is 2.11. The lowest BCUT2D eigenvalue weighted by molar-refractivity contribution is -0.204. The van der Waals surface area contributed by atoms with Crippen LogP contribution in [0, 0.1) is 0 Å². The van der Waals surface area contributed by atoms with Crippen molar-refractivity contribution in [1.29, 1.82) is 0 Å². The number of hydroxylamine groups is 1. The second-order valence-electron chi connectivity index (χ2n) is 3.15. The Morgan fingerprint density at radius 2 is 1.86 bits per heavy atom. The van der Waals surface area contributed by atoms with Crippen molar-refractivity contribution in [3.8, 4) is 0 Å². The van der Waals surface area contributed by atoms with E-state index >= 15 is 0 Å². The molecular weight excluding hydrogens is 188 g/mol. The molecule has 0 radical (unpaired) electrons. The summed E-state index contributed by atoms with van der Waals surface area (Å²) in [6, 6.07) is 0. The normalized spacial score (nSPS) is 10.1. The summed E-state index contributed by atoms with van der Waals surface area (Å²) in [5.41, 5.74) is 2.11. The molecule has 0 spiro atoms. The smallest absolute Gasteiger partial charge is 0.428 e. The summed E-state index contributed by atoms with van der Waals surface area (Å²) in [6.07, 6.45) is -0.837. The van der Waals surface area contributed by atoms with Crippen LogP contribution < -0.4 is 5.43 Å². The monoisotopic (exact) mass is 204 g/mol. The van der Waals surface area contributed by atoms with Crippen LogP contribution in [-0.4, -0.2) is 29.9 Å². The van der Waals surface area contributed by atoms with Crippen molar-refractivity contribution in [2.75, 3.05) is 0 Å². The number of hydrogen-bond donors (Lipinski definition) is 1. The Balaban J connectivity index is 3.92. The highest BCUT2D eigenvalue weighted by Crippen LogP contribution is 1.93. The molecule has 0 aliphatic rings. The van der Waals surface area contributed by atoms with E-state index in [1.54, 1.807) is 27.7 Å². The Hall–Kier alpha value is -1.30. The third-order valence-electron chi connectivity index (χ3n) is 0.964. The quantitative estimate of drug-likeness (QED) is 0.532. The largest absolute Gasteiger partial charge is 0.446 e. The van der Waals surface area contributed by atoms with Gasteiger partial charge in [0, 0.05) is 0 Å². The zero-order valence-corrected chi connectivity index (χ0v) is 8.81. The average Bonchev–Trinajstić information content (AvgIpc) is 2.00. The number of carbonyl (C=O) groups is 2. The number of amides is 2. The number of hydrazine groups is 1. The lowest BCUT2D eigenvalue weighted by Crippen LogP contribution is -2.43. The Morgan fingerprint density at radius 1 is 1.29 bits per heavy atom. The van der Waals surface area contributed by atoms with E-state index in [2.05, 4.69) is 5.43 Å². The molecule has 0 aromatic carbocycles. The van der Waals surface area contributed by atoms with Gasteiger partial charge in [-0.3, -0.25) is 4.79 Å². The van der Waals surface area contributed by atoms with Crippen LogP contribution in [-0.2, 0) is 14.4 Å². The average molecular weight is 204 g/mol. The molecule has 1 N–H and O–H groups in total. The van der Waals surface area contributed by atoms with E-state index in [9.17, 15) is 9.59 Å². The molecule has 0 fully saturated rings. The Morgan fingerprint density at radius 3 is 2.21 bits per heavy atom. The maximum atomic E-state index is 11.0. The van der Waals surface area contributed by atoms with Gasteiger partial charge < -0.3 is 4.74 Å². The van der Waals surface area contributed by atoms with Crippen molar-refractivity contribution in [3.63, 3.8) is 0 Å². The van der Waals surface area contributed by atoms with E-state index in [-0.39, 0.29) is 12.2 Å². The summed E-state index contributed by atoms with van der Waals surface area (Å²) >= 11 is 0. The fourth-order valence-electron chi connectivity index (χ4n) is 0.635. The maximum absolute atomic E-state index is 11.0. The Kier molecular flexibility index (Phi) is 5.62. The van der Waals surface area contributed by atoms with Crippen LogP contribution in [0.5, 0.6) is 0 Å². The van der Waals surface area contributed by atoms with E-state index in [1.807, 2.05) is 0 Å². The molecule has 0 heterocycles. The predicted octanol–water partition coefficient (Wildman–Crippen LogP) is 0.834. The van der Waals surface area contributed by atoms with Gasteiger partial charge in [-0.1, -0.05) is 0 Å². The molecule has 6 nitrogen and oxygen atoms in total. The zero-order chi connectivity index (χ0) is 11.1. The van der Waals surface area contributed by atoms with Gasteiger partial charge in [0.2, 0.25) is 0 Å². The summed E-state index contributed by atoms with van der Waals surface area (Å²) in [5.74, 6) is 0. The van der Waals surface area contributed by atoms with Gasteiger partial charge in [0.1, 0.15) is 0 Å². The van der Waals surface area contributed by atoms with Crippen LogP contribution in [0.25, 0.3) is 0 Å². The van der Waals surface area contributed by atoms with Crippen LogP contribution in [0.3, 0.4) is 0 Å². The summed E-state index contributed by atoms with van der Waals surface area (Å²) in [4.78, 5) is 26.3. The minimum Gasteiger partial charge on any atom is -0.446 e. The lowest BCUT2D eigenvalue weighted by atomic mass is 10.5. The van der Waals surface area contributed by atoms with Crippen molar-refractivity contribution in [1.82, 2.24) is 10.6 Å². The summed E-state index contributed by atoms with van der Waals surface area (Å²) < 4.78 is 4.73. The first-order chi connectivity index (χ1) is 6.45. The topological polar surface area (TPSA) is 67.9 Å². The van der Waals surface area contributed by atoms with Crippen LogP contribution in [0.4, 0.5) is 4.79 Å². The van der Waals surface area contributed by atoms with E-state index in [4.69, 9.17) is 9.57 Å². The highest BCUT2D eigenvalue weighted by molar-refractivity contribution is 5.68. The molecule has 0 aromatic heterocycles. The van der Waals surface area contributed by atoms with Gasteiger partial charge in [0.25, 0.3) is 6.41 Å². The van der Waals surface area contributed by atoms with E-state index in [0.29, 0.717) is 11.6 Å². The molecule has 0 saturated heterocycles. The fourth-order valence-corrected chi connectivity index (χ4v) is 0.635. The molecule has 0 aliphatic heterocycles. The first-order valence-corrected chi connectivity index (χ1v) is 4.34. The van der Waals surface area contributed by atoms with Gasteiger partial charge in [-0.05, 0) is 27.7 Å². The molecule has 0 rings (SSSR count). The summed E-state index contributed by atoms with van der Waals surface area (Å²) in [7, 11) is 0. The first kappa shape index (κ1) is 12.7. The van der Waals surface area contributed by atoms with Crippen molar-refractivity contribution in [2.45, 2.75) is 39.9 Å². The van der Waals surface area contributed by atoms with Crippen LogP contribution >= 0.6 is 0 Å². The Labute approximate surface area is 83.1 Å². The van der Waals surface area contributed by atoms with Crippen LogP contribution in [0.2, 0.25) is 0 Å². The van der Waals surface area contributed by atoms with Gasteiger partial charge in [0.15, 0.2) is 0 Å². The number of ether oxygens (including phenoxy) is 1. The van der Waals surface area contributed by atoms with Crippen molar-refractivity contribution in [2.24, 2.45) is 0 Å². The predicted molar refractivity (Wildman–Crippen MR) is 48.9 cm³/mol. The molecule has 0 saturated carbocycles. The second kappa shape index (κ2) is 6.20. The Bertz CT molecular complexity index is 194. The molecule has 14 heavy (non-hydrogen) atoms. The number of hydrogen-bond acceptors (Lipinski definition) is 4. The molecular formula is C8H16N2O4. The molecule has 82 valence electrons. The molecule has 6 heteroatoms. The fraction of sp³-hybridized carbons (Fsp3) is 0.750. The van der Waals surface area contributed by atoms with Crippen molar-refractivity contribution >= 4 is 12.5 Å². The standard InChI is InChI=1S/C8H16N2O4/c1-6(2)13-8(12)9-10(5-11)14-7(3)4/h5-7H,1-4H3,(H,9,12). The van der Waals surface area contributed by atoms with Gasteiger partial charge in [-0.2, -0.15) is 0 Å². The second-order valence-corrected chi connectivity index (χ2v) is 3.15. The highest BCUT2D eigenvalue weighted by atomic mass is 16.7. The summed E-state index contributed by atoms with van der Waals surface area (Å²) in [6.45, 7) is 6.86. The van der Waals surface area contributed by atoms with Crippen molar-refractivity contribution in [3.05, 3.63) is 0 Å². The van der Waals surface area contributed by atoms with E-state index < -0.39 is 6.09 Å². The summed E-state index contributed by atoms with van der Waals surface area (Å²) in [5, 5.41) is 0.676. The molecule has 0 aliphatic carbocycles. The maximum Gasteiger partial charge on any atom is 0.428 e. The van der Waals surface area contributed by atoms with E-state index in [0.717, 1.165) is 0 Å². The molecule has 0 atom stereocenters. The number of nitrogens with zero attached hydrogens (tertiary/aromatic N) is 1. The molecule has 0 bridgehead atoms. The third kappa shape index (κ3) is 6.24. The number of rotatable bonds is 5. The van der Waals surface area contributed by atoms with E-state index in [1.165, 1.54) is 0 Å². The van der Waals surface area contributed by atoms with Gasteiger partial charge >= 0.3 is 6.09 Å². The molecule has 0 aromatic rings. The van der Waals surface area contributed by atoms with Crippen LogP contribution in [0.15, 0.2) is 0 Å². The van der Waals surface area contributed by atoms with Gasteiger partial charge in [-0.15, -0.1) is 5.17 Å². The van der Waals surface area contributed by atoms with Gasteiger partial charge in [-0.25, -0.2) is 15.1 Å². The van der Waals surface area contributed by atoms with Crippen molar-refractivity contribution < 1.29 is 19.2 Å². The minimum absolute atomic E-state index is 0.209. The van der Waals surface area contributed by atoms with Gasteiger partial charge in [0.05, 0.1) is 12.2 Å². The number of nitrogens with one attached hydrogen (secondary N) is 1. The zero-order valence-electron chi connectivity index (χ0n) is 8.81. The number of carbonyl (C=O) groups excluding carboxylic acids is 2. The first-order valence-electron chi connectivity index (χ1n) is 4.34. The van der Waals surface area contributed by atoms with Crippen LogP contribution in [0.1, 0.15) is 27.7 Å². The third-order valence-corrected chi connectivity index (χ3v) is 0.964. The molecule has 0 unspecified atom stereocenters. The lowest BCUT2D eigenvalue weighted by Gasteiger charge is -2.19.